The number of nitrogens with zero attached hydrogens (tertiary/aromatic N) is 2. The molecule has 2 aliphatic heterocycles. The van der Waals surface area contributed by atoms with Gasteiger partial charge in [0.1, 0.15) is 5.75 Å². The van der Waals surface area contributed by atoms with E-state index < -0.39 is 10.0 Å². The van der Waals surface area contributed by atoms with Crippen molar-refractivity contribution in [2.75, 3.05) is 26.7 Å². The molecule has 2 heterocycles. The lowest BCUT2D eigenvalue weighted by Crippen LogP contribution is -2.40. The molecule has 1 aromatic rings. The Hall–Kier alpha value is -1.60. The minimum atomic E-state index is -3.34. The van der Waals surface area contributed by atoms with Gasteiger partial charge in [0.25, 0.3) is 0 Å². The largest absolute Gasteiger partial charge is 0.497 e. The number of hydrogen-bond acceptors (Lipinski definition) is 4. The second-order valence-corrected chi connectivity index (χ2v) is 10.2. The van der Waals surface area contributed by atoms with Gasteiger partial charge < -0.3 is 9.64 Å². The number of rotatable bonds is 4. The molecule has 0 spiro atoms. The van der Waals surface area contributed by atoms with Crippen LogP contribution in [0.1, 0.15) is 37.7 Å². The van der Waals surface area contributed by atoms with Gasteiger partial charge in [0.2, 0.25) is 15.9 Å². The van der Waals surface area contributed by atoms with Crippen molar-refractivity contribution in [3.63, 3.8) is 0 Å². The van der Waals surface area contributed by atoms with E-state index in [0.29, 0.717) is 32.6 Å². The van der Waals surface area contributed by atoms with E-state index in [1.165, 1.54) is 0 Å². The number of ether oxygens (including phenoxy) is 1. The molecule has 0 N–H and O–H groups in total. The van der Waals surface area contributed by atoms with E-state index in [0.717, 1.165) is 37.0 Å². The molecular weight excluding hydrogens is 364 g/mol. The van der Waals surface area contributed by atoms with E-state index in [-0.39, 0.29) is 23.0 Å². The monoisotopic (exact) mass is 392 g/mol. The van der Waals surface area contributed by atoms with Crippen molar-refractivity contribution in [3.8, 4) is 5.75 Å². The molecule has 1 amide bonds. The summed E-state index contributed by atoms with van der Waals surface area (Å²) in [5.41, 5.74) is 0.941. The van der Waals surface area contributed by atoms with Gasteiger partial charge in [-0.2, -0.15) is 4.31 Å². The first kappa shape index (κ1) is 18.7. The number of amides is 1. The summed E-state index contributed by atoms with van der Waals surface area (Å²) in [5, 5.41) is -0.359. The van der Waals surface area contributed by atoms with Crippen LogP contribution in [-0.2, 0) is 21.4 Å². The van der Waals surface area contributed by atoms with E-state index in [4.69, 9.17) is 4.74 Å². The van der Waals surface area contributed by atoms with E-state index in [1.54, 1.807) is 11.4 Å². The summed E-state index contributed by atoms with van der Waals surface area (Å²) in [4.78, 5) is 14.5. The Labute approximate surface area is 161 Å². The van der Waals surface area contributed by atoms with Gasteiger partial charge in [-0.1, -0.05) is 18.6 Å². The Bertz CT molecular complexity index is 806. The van der Waals surface area contributed by atoms with Crippen LogP contribution in [0.2, 0.25) is 0 Å². The zero-order chi connectivity index (χ0) is 19.0. The van der Waals surface area contributed by atoms with Crippen LogP contribution in [-0.4, -0.2) is 55.5 Å². The fourth-order valence-electron chi connectivity index (χ4n) is 4.56. The number of sulfonamides is 1. The Balaban J connectivity index is 1.44. The summed E-state index contributed by atoms with van der Waals surface area (Å²) in [7, 11) is -1.72. The average molecular weight is 393 g/mol. The number of benzene rings is 1. The second-order valence-electron chi connectivity index (χ2n) is 8.02. The Morgan fingerprint density at radius 3 is 2.67 bits per heavy atom. The number of likely N-dealkylation sites (tertiary alicyclic amines) is 1. The molecule has 7 heteroatoms. The molecule has 3 aliphatic rings. The molecule has 0 aromatic heterocycles. The third-order valence-corrected chi connectivity index (χ3v) is 8.80. The first-order valence-corrected chi connectivity index (χ1v) is 11.4. The number of fused-ring (bicyclic) bond motifs is 1. The van der Waals surface area contributed by atoms with Crippen LogP contribution in [0.3, 0.4) is 0 Å². The highest BCUT2D eigenvalue weighted by Crippen LogP contribution is 2.36. The van der Waals surface area contributed by atoms with Gasteiger partial charge in [0, 0.05) is 32.1 Å². The van der Waals surface area contributed by atoms with Gasteiger partial charge in [-0.25, -0.2) is 8.42 Å². The van der Waals surface area contributed by atoms with Crippen LogP contribution in [0.5, 0.6) is 5.75 Å². The molecule has 148 valence electrons. The lowest BCUT2D eigenvalue weighted by molar-refractivity contribution is -0.138. The summed E-state index contributed by atoms with van der Waals surface area (Å²) in [6, 6.07) is 7.58. The van der Waals surface area contributed by atoms with Gasteiger partial charge in [0.15, 0.2) is 0 Å². The van der Waals surface area contributed by atoms with Crippen molar-refractivity contribution in [1.82, 2.24) is 9.21 Å². The molecule has 1 aromatic carbocycles. The predicted molar refractivity (Wildman–Crippen MR) is 103 cm³/mol. The fourth-order valence-corrected chi connectivity index (χ4v) is 6.78. The van der Waals surface area contributed by atoms with Gasteiger partial charge >= 0.3 is 0 Å². The second kappa shape index (κ2) is 7.43. The molecule has 2 atom stereocenters. The molecule has 1 saturated carbocycles. The van der Waals surface area contributed by atoms with Crippen molar-refractivity contribution in [3.05, 3.63) is 29.8 Å². The van der Waals surface area contributed by atoms with Gasteiger partial charge in [-0.15, -0.1) is 0 Å². The maximum atomic E-state index is 13.1. The summed E-state index contributed by atoms with van der Waals surface area (Å²) >= 11 is 0. The molecular formula is C20H28N2O4S. The van der Waals surface area contributed by atoms with Crippen molar-refractivity contribution in [1.29, 1.82) is 0 Å². The van der Waals surface area contributed by atoms with Crippen LogP contribution in [0, 0.1) is 11.8 Å². The molecule has 0 radical (unpaired) electrons. The van der Waals surface area contributed by atoms with Crippen molar-refractivity contribution >= 4 is 15.9 Å². The molecule has 0 unspecified atom stereocenters. The van der Waals surface area contributed by atoms with Crippen LogP contribution < -0.4 is 4.74 Å². The number of carbonyl (C=O) groups excluding carboxylic acids is 1. The maximum absolute atomic E-state index is 13.1. The number of hydrogen-bond donors (Lipinski definition) is 0. The first-order chi connectivity index (χ1) is 13.0. The Morgan fingerprint density at radius 1 is 1.19 bits per heavy atom. The molecule has 2 saturated heterocycles. The van der Waals surface area contributed by atoms with E-state index >= 15 is 0 Å². The van der Waals surface area contributed by atoms with Crippen LogP contribution in [0.15, 0.2) is 24.3 Å². The van der Waals surface area contributed by atoms with Gasteiger partial charge in [-0.05, 0) is 49.3 Å². The highest BCUT2D eigenvalue weighted by atomic mass is 32.2. The molecule has 1 aliphatic carbocycles. The van der Waals surface area contributed by atoms with E-state index in [9.17, 15) is 13.2 Å². The number of carbonyl (C=O) groups is 1. The van der Waals surface area contributed by atoms with Crippen molar-refractivity contribution in [2.24, 2.45) is 11.8 Å². The molecule has 27 heavy (non-hydrogen) atoms. The van der Waals surface area contributed by atoms with Crippen molar-refractivity contribution in [2.45, 2.75) is 43.9 Å². The normalized spacial score (nSPS) is 28.3. The van der Waals surface area contributed by atoms with Crippen LogP contribution in [0.25, 0.3) is 0 Å². The minimum absolute atomic E-state index is 0.111. The standard InChI is InChI=1S/C20H28N2O4S/c1-26-18-7-2-4-15(12-18)13-22-14-17-8-10-21(20(23)16-5-3-6-16)11-9-19(17)27(22,24)25/h2,4,7,12,16-17,19H,3,5-6,8-11,13-14H2,1H3/t17-,19+/m0/s1. The third-order valence-electron chi connectivity index (χ3n) is 6.42. The average Bonchev–Trinajstić information content (AvgIpc) is 2.76. The Morgan fingerprint density at radius 2 is 1.96 bits per heavy atom. The first-order valence-electron chi connectivity index (χ1n) is 9.89. The predicted octanol–water partition coefficient (Wildman–Crippen LogP) is 2.25. The molecule has 0 bridgehead atoms. The van der Waals surface area contributed by atoms with E-state index in [2.05, 4.69) is 0 Å². The highest BCUT2D eigenvalue weighted by Gasteiger charge is 2.47. The Kier molecular flexibility index (Phi) is 5.16. The smallest absolute Gasteiger partial charge is 0.225 e. The summed E-state index contributed by atoms with van der Waals surface area (Å²) < 4.78 is 33.1. The lowest BCUT2D eigenvalue weighted by Gasteiger charge is -2.31. The van der Waals surface area contributed by atoms with Crippen LogP contribution >= 0.6 is 0 Å². The summed E-state index contributed by atoms with van der Waals surface area (Å²) in [6.45, 7) is 2.20. The quantitative estimate of drug-likeness (QED) is 0.788. The molecule has 4 rings (SSSR count). The zero-order valence-corrected chi connectivity index (χ0v) is 16.7. The topological polar surface area (TPSA) is 66.9 Å². The maximum Gasteiger partial charge on any atom is 0.225 e. The third kappa shape index (κ3) is 3.59. The molecule has 3 fully saturated rings. The molecule has 6 nitrogen and oxygen atoms in total. The fraction of sp³-hybridized carbons (Fsp3) is 0.650. The van der Waals surface area contributed by atoms with E-state index in [1.807, 2.05) is 29.2 Å². The highest BCUT2D eigenvalue weighted by molar-refractivity contribution is 7.90. The number of methoxy groups -OCH3 is 1. The van der Waals surface area contributed by atoms with Gasteiger partial charge in [-0.3, -0.25) is 4.79 Å². The zero-order valence-electron chi connectivity index (χ0n) is 15.8. The summed E-state index contributed by atoms with van der Waals surface area (Å²) in [5.74, 6) is 1.28. The van der Waals surface area contributed by atoms with Crippen LogP contribution in [0.4, 0.5) is 0 Å². The lowest BCUT2D eigenvalue weighted by atomic mass is 9.84. The minimum Gasteiger partial charge on any atom is -0.497 e. The van der Waals surface area contributed by atoms with Gasteiger partial charge in [0.05, 0.1) is 12.4 Å². The van der Waals surface area contributed by atoms with Crippen molar-refractivity contribution < 1.29 is 17.9 Å². The SMILES string of the molecule is COc1cccc(CN2C[C@@H]3CCN(C(=O)C4CCC4)CC[C@H]3S2(=O)=O)c1. The summed E-state index contributed by atoms with van der Waals surface area (Å²) in [6.07, 6.45) is 4.46.